The van der Waals surface area contributed by atoms with Gasteiger partial charge in [0.2, 0.25) is 0 Å². The van der Waals surface area contributed by atoms with Crippen LogP contribution in [0.3, 0.4) is 0 Å². The molecule has 2 aromatic carbocycles. The minimum Gasteiger partial charge on any atom is -0.459 e. The number of phosphoric acid groups is 1. The average molecular weight is 491 g/mol. The molecule has 0 aromatic heterocycles. The second-order valence-electron chi connectivity index (χ2n) is 6.49. The smallest absolute Gasteiger partial charge is 0.459 e. The van der Waals surface area contributed by atoms with E-state index in [1.807, 2.05) is 0 Å². The van der Waals surface area contributed by atoms with Crippen LogP contribution in [-0.4, -0.2) is 46.8 Å². The van der Waals surface area contributed by atoms with E-state index in [0.29, 0.717) is 10.0 Å². The first kappa shape index (κ1) is 23.7. The van der Waals surface area contributed by atoms with Gasteiger partial charge in [0.05, 0.1) is 11.1 Å². The number of hydrogen-bond acceptors (Lipinski definition) is 7. The van der Waals surface area contributed by atoms with E-state index >= 15 is 0 Å². The quantitative estimate of drug-likeness (QED) is 0.441. The van der Waals surface area contributed by atoms with E-state index in [0.717, 1.165) is 0 Å². The number of benzene rings is 2. The molecule has 1 aliphatic rings. The maximum Gasteiger partial charge on any atom is 0.471 e. The van der Waals surface area contributed by atoms with Crippen molar-refractivity contribution in [3.05, 3.63) is 69.7 Å². The zero-order valence-electron chi connectivity index (χ0n) is 15.7. The third-order valence-corrected chi connectivity index (χ3v) is 5.23. The van der Waals surface area contributed by atoms with Gasteiger partial charge in [-0.3, -0.25) is 4.52 Å². The van der Waals surface area contributed by atoms with Crippen LogP contribution in [0.2, 0.25) is 10.0 Å². The lowest BCUT2D eigenvalue weighted by atomic mass is 10.1. The maximum absolute atomic E-state index is 12.4. The van der Waals surface area contributed by atoms with Crippen LogP contribution in [0.5, 0.6) is 0 Å². The van der Waals surface area contributed by atoms with Gasteiger partial charge in [-0.15, -0.1) is 0 Å². The molecular weight excluding hydrogens is 474 g/mol. The van der Waals surface area contributed by atoms with Crippen LogP contribution in [-0.2, 0) is 23.3 Å². The largest absolute Gasteiger partial charge is 0.471 e. The van der Waals surface area contributed by atoms with Gasteiger partial charge < -0.3 is 24.0 Å². The Bertz CT molecular complexity index is 975. The lowest BCUT2D eigenvalue weighted by Crippen LogP contribution is -2.32. The summed E-state index contributed by atoms with van der Waals surface area (Å²) in [4.78, 5) is 42.7. The molecule has 0 spiro atoms. The Balaban J connectivity index is 1.67. The summed E-state index contributed by atoms with van der Waals surface area (Å²) < 4.78 is 31.7. The van der Waals surface area contributed by atoms with Crippen molar-refractivity contribution in [3.63, 3.8) is 0 Å². The molecule has 0 amide bonds. The molecule has 12 heteroatoms. The van der Waals surface area contributed by atoms with Gasteiger partial charge in [-0.2, -0.15) is 0 Å². The van der Waals surface area contributed by atoms with E-state index in [4.69, 9.17) is 47.2 Å². The monoisotopic (exact) mass is 490 g/mol. The minimum absolute atomic E-state index is 0.173. The molecule has 1 saturated heterocycles. The van der Waals surface area contributed by atoms with Gasteiger partial charge in [0.15, 0.2) is 6.29 Å². The van der Waals surface area contributed by atoms with Crippen LogP contribution in [0, 0.1) is 0 Å². The summed E-state index contributed by atoms with van der Waals surface area (Å²) in [5.74, 6) is -1.39. The maximum atomic E-state index is 12.4. The zero-order valence-corrected chi connectivity index (χ0v) is 18.1. The lowest BCUT2D eigenvalue weighted by Gasteiger charge is -2.19. The Morgan fingerprint density at radius 1 is 0.968 bits per heavy atom. The first-order valence-corrected chi connectivity index (χ1v) is 11.2. The fraction of sp³-hybridized carbons (Fsp3) is 0.263. The molecule has 1 aliphatic heterocycles. The highest BCUT2D eigenvalue weighted by molar-refractivity contribution is 7.46. The summed E-state index contributed by atoms with van der Waals surface area (Å²) in [6.45, 7) is -0.346. The summed E-state index contributed by atoms with van der Waals surface area (Å²) in [7, 11) is -4.86. The highest BCUT2D eigenvalue weighted by atomic mass is 35.5. The molecule has 9 nitrogen and oxygen atoms in total. The minimum atomic E-state index is -4.86. The molecule has 3 rings (SSSR count). The number of ether oxygens (including phenoxy) is 3. The van der Waals surface area contributed by atoms with Gasteiger partial charge in [0.25, 0.3) is 0 Å². The number of hydrogen-bond donors (Lipinski definition) is 2. The van der Waals surface area contributed by atoms with Crippen LogP contribution in [0.1, 0.15) is 27.1 Å². The molecule has 2 aromatic rings. The van der Waals surface area contributed by atoms with Crippen molar-refractivity contribution in [1.82, 2.24) is 0 Å². The number of carbonyl (C=O) groups is 2. The van der Waals surface area contributed by atoms with Gasteiger partial charge in [-0.1, -0.05) is 23.2 Å². The van der Waals surface area contributed by atoms with Crippen molar-refractivity contribution >= 4 is 43.0 Å². The number of halogens is 2. The Morgan fingerprint density at radius 2 is 1.48 bits per heavy atom. The number of carbonyl (C=O) groups excluding carboxylic acids is 2. The van der Waals surface area contributed by atoms with E-state index in [2.05, 4.69) is 4.52 Å². The number of rotatable bonds is 7. The van der Waals surface area contributed by atoms with Crippen molar-refractivity contribution in [1.29, 1.82) is 0 Å². The zero-order chi connectivity index (χ0) is 22.6. The van der Waals surface area contributed by atoms with Crippen molar-refractivity contribution in [3.8, 4) is 0 Å². The molecule has 166 valence electrons. The van der Waals surface area contributed by atoms with E-state index in [9.17, 15) is 14.2 Å². The van der Waals surface area contributed by atoms with Crippen LogP contribution in [0.4, 0.5) is 0 Å². The van der Waals surface area contributed by atoms with Crippen LogP contribution < -0.4 is 0 Å². The van der Waals surface area contributed by atoms with Gasteiger partial charge >= 0.3 is 19.8 Å². The van der Waals surface area contributed by atoms with E-state index in [-0.39, 0.29) is 24.2 Å². The van der Waals surface area contributed by atoms with Crippen LogP contribution in [0.15, 0.2) is 48.5 Å². The molecule has 0 radical (unpaired) electrons. The Labute approximate surface area is 187 Å². The number of esters is 2. The number of phosphoric ester groups is 1. The predicted octanol–water partition coefficient (Wildman–Crippen LogP) is 3.60. The highest BCUT2D eigenvalue weighted by Crippen LogP contribution is 2.41. The van der Waals surface area contributed by atoms with E-state index in [1.54, 1.807) is 0 Å². The average Bonchev–Trinajstić information content (AvgIpc) is 3.06. The predicted molar refractivity (Wildman–Crippen MR) is 109 cm³/mol. The Morgan fingerprint density at radius 3 is 2.00 bits per heavy atom. The summed E-state index contributed by atoms with van der Waals surface area (Å²) in [5.41, 5.74) is 0.445. The Hall–Kier alpha value is -1.97. The third-order valence-electron chi connectivity index (χ3n) is 4.22. The fourth-order valence-electron chi connectivity index (χ4n) is 2.79. The normalized spacial score (nSPS) is 21.0. The molecule has 0 aliphatic carbocycles. The van der Waals surface area contributed by atoms with E-state index < -0.39 is 38.3 Å². The molecule has 0 saturated carbocycles. The summed E-state index contributed by atoms with van der Waals surface area (Å²) in [5, 5.41) is 0.880. The summed E-state index contributed by atoms with van der Waals surface area (Å²) >= 11 is 11.6. The van der Waals surface area contributed by atoms with Crippen molar-refractivity contribution in [2.75, 3.05) is 6.61 Å². The van der Waals surface area contributed by atoms with Crippen molar-refractivity contribution in [2.24, 2.45) is 0 Å². The molecule has 0 unspecified atom stereocenters. The second-order valence-corrected chi connectivity index (χ2v) is 8.56. The van der Waals surface area contributed by atoms with Gasteiger partial charge in [-0.25, -0.2) is 14.2 Å². The molecule has 3 atom stereocenters. The third kappa shape index (κ3) is 7.02. The molecule has 1 fully saturated rings. The van der Waals surface area contributed by atoms with Crippen molar-refractivity contribution < 1.29 is 42.7 Å². The van der Waals surface area contributed by atoms with Crippen LogP contribution in [0.25, 0.3) is 0 Å². The molecular formula is C19H17Cl2O9P. The molecule has 0 bridgehead atoms. The van der Waals surface area contributed by atoms with Crippen molar-refractivity contribution in [2.45, 2.75) is 24.9 Å². The second kappa shape index (κ2) is 10.1. The summed E-state index contributed by atoms with van der Waals surface area (Å²) in [6, 6.07) is 11.9. The molecule has 31 heavy (non-hydrogen) atoms. The Kier molecular flexibility index (Phi) is 7.72. The summed E-state index contributed by atoms with van der Waals surface area (Å²) in [6.07, 6.45) is -3.53. The first-order valence-electron chi connectivity index (χ1n) is 8.89. The van der Waals surface area contributed by atoms with Crippen LogP contribution >= 0.6 is 31.0 Å². The fourth-order valence-corrected chi connectivity index (χ4v) is 3.48. The lowest BCUT2D eigenvalue weighted by molar-refractivity contribution is -0.105. The molecule has 1 heterocycles. The highest BCUT2D eigenvalue weighted by Gasteiger charge is 2.42. The molecule has 2 N–H and O–H groups in total. The SMILES string of the molecule is O=C(OC[C@H]1O[C@H](OP(=O)(O)O)C[C@@H]1OC(=O)c1ccc(Cl)cc1)c1ccc(Cl)cc1. The van der Waals surface area contributed by atoms with E-state index in [1.165, 1.54) is 48.5 Å². The standard InChI is InChI=1S/C19H17Cl2O9P/c20-13-5-1-11(2-6-13)18(22)27-10-16-15(9-17(28-16)30-31(24,25)26)29-19(23)12-3-7-14(21)8-4-12/h1-8,15-17H,9-10H2,(H2,24,25,26)/t15-,16+,17+/m0/s1. The van der Waals surface area contributed by atoms with Gasteiger partial charge in [0, 0.05) is 16.5 Å². The van der Waals surface area contributed by atoms with Gasteiger partial charge in [-0.05, 0) is 48.5 Å². The topological polar surface area (TPSA) is 129 Å². The first-order chi connectivity index (χ1) is 14.6. The van der Waals surface area contributed by atoms with Gasteiger partial charge in [0.1, 0.15) is 18.8 Å².